The molecular weight excluding hydrogens is 359 g/mol. The van der Waals surface area contributed by atoms with E-state index >= 15 is 0 Å². The molecule has 2 saturated heterocycles. The first kappa shape index (κ1) is 21.1. The fourth-order valence-corrected chi connectivity index (χ4v) is 3.08. The standard InChI is InChI=1S/C16H21F2N3O.2ClH/c17-16(18)10-14(19-12-16)15(22)21-8-6-20(7-9-21)11-13-4-2-1-3-5-13;;/h1-5,14,19H,6-12H2;2*1H. The van der Waals surface area contributed by atoms with Crippen LogP contribution in [0.15, 0.2) is 30.3 Å². The highest BCUT2D eigenvalue weighted by molar-refractivity contribution is 5.85. The largest absolute Gasteiger partial charge is 0.339 e. The van der Waals surface area contributed by atoms with Crippen LogP contribution in [0.3, 0.4) is 0 Å². The molecule has 1 unspecified atom stereocenters. The molecule has 1 N–H and O–H groups in total. The molecule has 0 bridgehead atoms. The Morgan fingerprint density at radius 1 is 1.12 bits per heavy atom. The SMILES string of the molecule is Cl.Cl.O=C(C1CC(F)(F)CN1)N1CCN(Cc2ccccc2)CC1. The Balaban J connectivity index is 0.00000144. The summed E-state index contributed by atoms with van der Waals surface area (Å²) in [5.74, 6) is -2.94. The van der Waals surface area contributed by atoms with Gasteiger partial charge in [-0.05, 0) is 5.56 Å². The minimum absolute atomic E-state index is 0. The number of nitrogens with zero attached hydrogens (tertiary/aromatic N) is 2. The van der Waals surface area contributed by atoms with Gasteiger partial charge in [-0.15, -0.1) is 24.8 Å². The predicted molar refractivity (Wildman–Crippen MR) is 94.1 cm³/mol. The van der Waals surface area contributed by atoms with Crippen LogP contribution in [0.5, 0.6) is 0 Å². The molecule has 1 aromatic rings. The molecule has 2 fully saturated rings. The van der Waals surface area contributed by atoms with E-state index in [0.717, 1.165) is 19.6 Å². The first-order valence-corrected chi connectivity index (χ1v) is 7.70. The van der Waals surface area contributed by atoms with Gasteiger partial charge in [0.1, 0.15) is 0 Å². The molecule has 0 aliphatic carbocycles. The van der Waals surface area contributed by atoms with Crippen molar-refractivity contribution in [1.29, 1.82) is 0 Å². The molecule has 1 atom stereocenters. The third kappa shape index (κ3) is 5.28. The van der Waals surface area contributed by atoms with Crippen LogP contribution in [0.4, 0.5) is 8.78 Å². The monoisotopic (exact) mass is 381 g/mol. The summed E-state index contributed by atoms with van der Waals surface area (Å²) in [6.07, 6.45) is -0.379. The van der Waals surface area contributed by atoms with E-state index in [0.29, 0.717) is 13.1 Å². The Morgan fingerprint density at radius 2 is 1.75 bits per heavy atom. The maximum atomic E-state index is 13.2. The van der Waals surface area contributed by atoms with Gasteiger partial charge in [0.05, 0.1) is 12.6 Å². The van der Waals surface area contributed by atoms with E-state index in [9.17, 15) is 13.6 Å². The minimum atomic E-state index is -2.75. The van der Waals surface area contributed by atoms with Crippen LogP contribution in [-0.4, -0.2) is 60.4 Å². The highest BCUT2D eigenvalue weighted by Crippen LogP contribution is 2.26. The maximum Gasteiger partial charge on any atom is 0.262 e. The van der Waals surface area contributed by atoms with E-state index in [-0.39, 0.29) is 37.1 Å². The van der Waals surface area contributed by atoms with Crippen LogP contribution in [0.25, 0.3) is 0 Å². The minimum Gasteiger partial charge on any atom is -0.339 e. The molecule has 0 aromatic heterocycles. The first-order valence-electron chi connectivity index (χ1n) is 7.70. The smallest absolute Gasteiger partial charge is 0.262 e. The van der Waals surface area contributed by atoms with E-state index in [1.54, 1.807) is 4.90 Å². The highest BCUT2D eigenvalue weighted by atomic mass is 35.5. The summed E-state index contributed by atoms with van der Waals surface area (Å²) >= 11 is 0. The molecule has 3 rings (SSSR count). The quantitative estimate of drug-likeness (QED) is 0.871. The summed E-state index contributed by atoms with van der Waals surface area (Å²) in [5.41, 5.74) is 1.25. The van der Waals surface area contributed by atoms with Gasteiger partial charge in [0.2, 0.25) is 5.91 Å². The van der Waals surface area contributed by atoms with Crippen molar-refractivity contribution < 1.29 is 13.6 Å². The summed E-state index contributed by atoms with van der Waals surface area (Å²) in [6, 6.07) is 9.46. The fourth-order valence-electron chi connectivity index (χ4n) is 3.08. The van der Waals surface area contributed by atoms with Crippen molar-refractivity contribution in [2.24, 2.45) is 0 Å². The average Bonchev–Trinajstić information content (AvgIpc) is 2.88. The fraction of sp³-hybridized carbons (Fsp3) is 0.562. The summed E-state index contributed by atoms with van der Waals surface area (Å²) in [5, 5.41) is 2.64. The molecule has 136 valence electrons. The third-order valence-corrected chi connectivity index (χ3v) is 4.34. The molecule has 2 heterocycles. The number of carbonyl (C=O) groups is 1. The van der Waals surface area contributed by atoms with Gasteiger partial charge in [-0.25, -0.2) is 8.78 Å². The molecule has 8 heteroatoms. The van der Waals surface area contributed by atoms with Crippen molar-refractivity contribution in [3.63, 3.8) is 0 Å². The Labute approximate surface area is 153 Å². The first-order chi connectivity index (χ1) is 10.5. The second-order valence-corrected chi connectivity index (χ2v) is 6.08. The van der Waals surface area contributed by atoms with Gasteiger partial charge >= 0.3 is 0 Å². The number of carbonyl (C=O) groups excluding carboxylic acids is 1. The lowest BCUT2D eigenvalue weighted by molar-refractivity contribution is -0.135. The van der Waals surface area contributed by atoms with E-state index in [4.69, 9.17) is 0 Å². The average molecular weight is 382 g/mol. The molecule has 1 aromatic carbocycles. The van der Waals surface area contributed by atoms with Crippen molar-refractivity contribution in [2.45, 2.75) is 24.9 Å². The van der Waals surface area contributed by atoms with E-state index < -0.39 is 18.5 Å². The molecule has 0 saturated carbocycles. The van der Waals surface area contributed by atoms with Gasteiger partial charge in [-0.1, -0.05) is 30.3 Å². The number of hydrogen-bond acceptors (Lipinski definition) is 3. The van der Waals surface area contributed by atoms with Crippen LogP contribution < -0.4 is 5.32 Å². The molecule has 2 aliphatic heterocycles. The summed E-state index contributed by atoms with van der Waals surface area (Å²) < 4.78 is 26.4. The lowest BCUT2D eigenvalue weighted by atomic mass is 10.1. The molecular formula is C16H23Cl2F2N3O. The second kappa shape index (κ2) is 8.94. The van der Waals surface area contributed by atoms with Crippen LogP contribution in [0.1, 0.15) is 12.0 Å². The molecule has 0 radical (unpaired) electrons. The zero-order valence-electron chi connectivity index (χ0n) is 13.3. The maximum absolute atomic E-state index is 13.2. The van der Waals surface area contributed by atoms with E-state index in [1.807, 2.05) is 18.2 Å². The van der Waals surface area contributed by atoms with Crippen LogP contribution in [0.2, 0.25) is 0 Å². The molecule has 2 aliphatic rings. The van der Waals surface area contributed by atoms with Crippen LogP contribution in [-0.2, 0) is 11.3 Å². The van der Waals surface area contributed by atoms with Gasteiger partial charge < -0.3 is 4.90 Å². The van der Waals surface area contributed by atoms with Crippen molar-refractivity contribution in [3.8, 4) is 0 Å². The normalized spacial score (nSPS) is 23.2. The Kier molecular flexibility index (Phi) is 7.86. The molecule has 4 nitrogen and oxygen atoms in total. The molecule has 0 spiro atoms. The third-order valence-electron chi connectivity index (χ3n) is 4.34. The van der Waals surface area contributed by atoms with Crippen molar-refractivity contribution in [2.75, 3.05) is 32.7 Å². The lowest BCUT2D eigenvalue weighted by Crippen LogP contribution is -2.52. The molecule has 1 amide bonds. The van der Waals surface area contributed by atoms with E-state index in [2.05, 4.69) is 22.3 Å². The number of amides is 1. The Morgan fingerprint density at radius 3 is 2.29 bits per heavy atom. The number of benzene rings is 1. The number of halogens is 4. The van der Waals surface area contributed by atoms with Crippen molar-refractivity contribution in [3.05, 3.63) is 35.9 Å². The summed E-state index contributed by atoms with van der Waals surface area (Å²) in [4.78, 5) is 16.3. The number of alkyl halides is 2. The van der Waals surface area contributed by atoms with E-state index in [1.165, 1.54) is 5.56 Å². The summed E-state index contributed by atoms with van der Waals surface area (Å²) in [7, 11) is 0. The zero-order chi connectivity index (χ0) is 15.6. The van der Waals surface area contributed by atoms with Gasteiger partial charge in [-0.2, -0.15) is 0 Å². The topological polar surface area (TPSA) is 35.6 Å². The van der Waals surface area contributed by atoms with Gasteiger partial charge in [0.15, 0.2) is 0 Å². The predicted octanol–water partition coefficient (Wildman–Crippen LogP) is 2.17. The van der Waals surface area contributed by atoms with Crippen molar-refractivity contribution >= 4 is 30.7 Å². The van der Waals surface area contributed by atoms with Crippen LogP contribution in [0, 0.1) is 0 Å². The van der Waals surface area contributed by atoms with Gasteiger partial charge in [0.25, 0.3) is 5.92 Å². The highest BCUT2D eigenvalue weighted by Gasteiger charge is 2.43. The van der Waals surface area contributed by atoms with Crippen LogP contribution >= 0.6 is 24.8 Å². The summed E-state index contributed by atoms with van der Waals surface area (Å²) in [6.45, 7) is 3.25. The van der Waals surface area contributed by atoms with Gasteiger partial charge in [-0.3, -0.25) is 15.0 Å². The lowest BCUT2D eigenvalue weighted by Gasteiger charge is -2.36. The molecule has 24 heavy (non-hydrogen) atoms. The second-order valence-electron chi connectivity index (χ2n) is 6.08. The zero-order valence-corrected chi connectivity index (χ0v) is 14.9. The number of piperazine rings is 1. The number of rotatable bonds is 3. The Hall–Kier alpha value is -0.950. The van der Waals surface area contributed by atoms with Gasteiger partial charge in [0, 0.05) is 39.1 Å². The number of nitrogens with one attached hydrogen (secondary N) is 1. The van der Waals surface area contributed by atoms with Crippen molar-refractivity contribution in [1.82, 2.24) is 15.1 Å². The Bertz CT molecular complexity index is 525. The number of hydrogen-bond donors (Lipinski definition) is 1.